The molecule has 6 atom stereocenters. The summed E-state index contributed by atoms with van der Waals surface area (Å²) in [6.45, 7) is 5.21. The number of esters is 5. The van der Waals surface area contributed by atoms with E-state index < -0.39 is 66.5 Å². The third kappa shape index (κ3) is 6.20. The van der Waals surface area contributed by atoms with Crippen molar-refractivity contribution in [1.29, 1.82) is 0 Å². The number of aliphatic hydroxyl groups is 1. The van der Waals surface area contributed by atoms with E-state index in [0.29, 0.717) is 0 Å². The lowest BCUT2D eigenvalue weighted by atomic mass is 9.84. The van der Waals surface area contributed by atoms with Crippen molar-refractivity contribution in [1.82, 2.24) is 0 Å². The summed E-state index contributed by atoms with van der Waals surface area (Å²) in [7, 11) is 0. The Hall–Kier alpha value is -2.69. The molecule has 1 aliphatic carbocycles. The molecule has 1 saturated carbocycles. The summed E-state index contributed by atoms with van der Waals surface area (Å²) in [4.78, 5) is 57.4. The van der Waals surface area contributed by atoms with Gasteiger partial charge in [-0.05, 0) is 0 Å². The van der Waals surface area contributed by atoms with Gasteiger partial charge in [0.15, 0.2) is 30.5 Å². The Morgan fingerprint density at radius 1 is 0.481 bits per heavy atom. The van der Waals surface area contributed by atoms with Crippen LogP contribution >= 0.6 is 0 Å². The highest BCUT2D eigenvalue weighted by Gasteiger charge is 2.58. The fourth-order valence-electron chi connectivity index (χ4n) is 2.77. The van der Waals surface area contributed by atoms with E-state index in [9.17, 15) is 29.1 Å². The van der Waals surface area contributed by atoms with Crippen molar-refractivity contribution in [2.75, 3.05) is 0 Å². The number of hydrogen-bond donors (Lipinski definition) is 1. The molecule has 0 aliphatic heterocycles. The zero-order valence-electron chi connectivity index (χ0n) is 15.5. The molecule has 11 heteroatoms. The second-order valence-electron chi connectivity index (χ2n) is 5.86. The van der Waals surface area contributed by atoms with Crippen molar-refractivity contribution in [2.45, 2.75) is 71.2 Å². The summed E-state index contributed by atoms with van der Waals surface area (Å²) in [5.41, 5.74) is 0. The molecule has 0 radical (unpaired) electrons. The second kappa shape index (κ2) is 9.31. The molecular weight excluding hydrogens is 368 g/mol. The van der Waals surface area contributed by atoms with Crippen LogP contribution in [0.15, 0.2) is 0 Å². The molecule has 1 aliphatic rings. The maximum atomic E-state index is 11.5. The number of carbonyl (C=O) groups excluding carboxylic acids is 5. The van der Waals surface area contributed by atoms with Gasteiger partial charge in [-0.1, -0.05) is 0 Å². The van der Waals surface area contributed by atoms with Crippen molar-refractivity contribution >= 4 is 29.8 Å². The Kier molecular flexibility index (Phi) is 7.70. The summed E-state index contributed by atoms with van der Waals surface area (Å²) in [5, 5.41) is 10.6. The smallest absolute Gasteiger partial charge is 0.303 e. The van der Waals surface area contributed by atoms with Crippen molar-refractivity contribution in [3.05, 3.63) is 0 Å². The molecule has 1 N–H and O–H groups in total. The lowest BCUT2D eigenvalue weighted by Gasteiger charge is -2.45. The average molecular weight is 390 g/mol. The lowest BCUT2D eigenvalue weighted by molar-refractivity contribution is -0.255. The number of rotatable bonds is 5. The molecule has 27 heavy (non-hydrogen) atoms. The van der Waals surface area contributed by atoms with E-state index in [4.69, 9.17) is 23.7 Å². The van der Waals surface area contributed by atoms with Gasteiger partial charge in [-0.3, -0.25) is 24.0 Å². The monoisotopic (exact) mass is 390 g/mol. The van der Waals surface area contributed by atoms with Gasteiger partial charge in [0.2, 0.25) is 0 Å². The van der Waals surface area contributed by atoms with Crippen LogP contribution in [0.2, 0.25) is 0 Å². The van der Waals surface area contributed by atoms with E-state index in [0.717, 1.165) is 34.6 Å². The molecule has 0 spiro atoms. The molecule has 1 rings (SSSR count). The van der Waals surface area contributed by atoms with Crippen LogP contribution < -0.4 is 0 Å². The average Bonchev–Trinajstić information content (AvgIpc) is 2.49. The standard InChI is InChI=1S/C16H22O11/c1-6(17)23-12-11(22)13(24-7(2)18)15(26-9(4)20)16(27-10(5)21)14(12)25-8(3)19/h11-16,22H,1-5H3/t11-,12+,13?,14?,15?,16+/m1/s1. The molecule has 3 unspecified atom stereocenters. The van der Waals surface area contributed by atoms with Crippen LogP contribution in [0.25, 0.3) is 0 Å². The highest BCUT2D eigenvalue weighted by molar-refractivity contribution is 5.70. The van der Waals surface area contributed by atoms with Gasteiger partial charge in [0.05, 0.1) is 0 Å². The summed E-state index contributed by atoms with van der Waals surface area (Å²) in [6.07, 6.45) is -9.37. The minimum atomic E-state index is -1.74. The third-order valence-electron chi connectivity index (χ3n) is 3.48. The first-order chi connectivity index (χ1) is 12.4. The third-order valence-corrected chi connectivity index (χ3v) is 3.48. The van der Waals surface area contributed by atoms with Crippen molar-refractivity contribution in [3.8, 4) is 0 Å². The first-order valence-corrected chi connectivity index (χ1v) is 7.98. The Morgan fingerprint density at radius 2 is 0.667 bits per heavy atom. The van der Waals surface area contributed by atoms with Crippen LogP contribution in [0.5, 0.6) is 0 Å². The normalized spacial score (nSPS) is 29.9. The highest BCUT2D eigenvalue weighted by Crippen LogP contribution is 2.32. The van der Waals surface area contributed by atoms with E-state index in [1.165, 1.54) is 0 Å². The van der Waals surface area contributed by atoms with E-state index in [1.54, 1.807) is 0 Å². The predicted octanol–water partition coefficient (Wildman–Crippen LogP) is -0.981. The topological polar surface area (TPSA) is 152 Å². The number of aliphatic hydroxyl groups excluding tert-OH is 1. The van der Waals surface area contributed by atoms with E-state index in [2.05, 4.69) is 0 Å². The number of ether oxygens (including phenoxy) is 5. The largest absolute Gasteiger partial charge is 0.455 e. The molecule has 0 bridgehead atoms. The molecular formula is C16H22O11. The molecule has 0 heterocycles. The summed E-state index contributed by atoms with van der Waals surface area (Å²) >= 11 is 0. The zero-order chi connectivity index (χ0) is 20.9. The maximum absolute atomic E-state index is 11.5. The van der Waals surface area contributed by atoms with Gasteiger partial charge in [0, 0.05) is 34.6 Å². The zero-order valence-corrected chi connectivity index (χ0v) is 15.5. The molecule has 152 valence electrons. The van der Waals surface area contributed by atoms with Crippen LogP contribution in [0, 0.1) is 0 Å². The van der Waals surface area contributed by atoms with E-state index in [1.807, 2.05) is 0 Å². The molecule has 0 aromatic carbocycles. The van der Waals surface area contributed by atoms with Gasteiger partial charge in [-0.25, -0.2) is 0 Å². The van der Waals surface area contributed by atoms with Crippen LogP contribution in [0.1, 0.15) is 34.6 Å². The Bertz CT molecular complexity index is 569. The van der Waals surface area contributed by atoms with E-state index in [-0.39, 0.29) is 0 Å². The molecule has 11 nitrogen and oxygen atoms in total. The minimum Gasteiger partial charge on any atom is -0.455 e. The lowest BCUT2D eigenvalue weighted by Crippen LogP contribution is -2.68. The fraction of sp³-hybridized carbons (Fsp3) is 0.688. The van der Waals surface area contributed by atoms with E-state index >= 15 is 0 Å². The first kappa shape index (κ1) is 22.4. The van der Waals surface area contributed by atoms with Crippen molar-refractivity contribution < 1.29 is 52.8 Å². The van der Waals surface area contributed by atoms with Crippen molar-refractivity contribution in [2.24, 2.45) is 0 Å². The Labute approximate surface area is 154 Å². The van der Waals surface area contributed by atoms with Crippen LogP contribution in [-0.4, -0.2) is 71.6 Å². The predicted molar refractivity (Wildman–Crippen MR) is 83.8 cm³/mol. The minimum absolute atomic E-state index is 0.839. The molecule has 1 fully saturated rings. The second-order valence-corrected chi connectivity index (χ2v) is 5.86. The van der Waals surface area contributed by atoms with Gasteiger partial charge in [-0.15, -0.1) is 0 Å². The quantitative estimate of drug-likeness (QED) is 0.455. The molecule has 0 aromatic rings. The van der Waals surface area contributed by atoms with Crippen LogP contribution in [0.4, 0.5) is 0 Å². The van der Waals surface area contributed by atoms with Gasteiger partial charge >= 0.3 is 29.8 Å². The SMILES string of the molecule is CC(=O)OC1C(OC(C)=O)[C@H](O)[C@H](OC(C)=O)C(OC(C)=O)[C@@H]1OC(C)=O. The maximum Gasteiger partial charge on any atom is 0.303 e. The highest BCUT2D eigenvalue weighted by atomic mass is 16.7. The van der Waals surface area contributed by atoms with Gasteiger partial charge < -0.3 is 28.8 Å². The number of carbonyl (C=O) groups is 5. The first-order valence-electron chi connectivity index (χ1n) is 7.98. The van der Waals surface area contributed by atoms with Gasteiger partial charge in [0.25, 0.3) is 0 Å². The van der Waals surface area contributed by atoms with Gasteiger partial charge in [-0.2, -0.15) is 0 Å². The Morgan fingerprint density at radius 3 is 0.889 bits per heavy atom. The fourth-order valence-corrected chi connectivity index (χ4v) is 2.77. The summed E-state index contributed by atoms with van der Waals surface area (Å²) in [5.74, 6) is -4.20. The molecule has 0 amide bonds. The number of hydrogen-bond acceptors (Lipinski definition) is 11. The molecule has 0 saturated heterocycles. The summed E-state index contributed by atoms with van der Waals surface area (Å²) < 4.78 is 25.2. The Balaban J connectivity index is 3.46. The van der Waals surface area contributed by atoms with Crippen molar-refractivity contribution in [3.63, 3.8) is 0 Å². The molecule has 0 aromatic heterocycles. The summed E-state index contributed by atoms with van der Waals surface area (Å²) in [6, 6.07) is 0. The van der Waals surface area contributed by atoms with Crippen LogP contribution in [0.3, 0.4) is 0 Å². The van der Waals surface area contributed by atoms with Crippen LogP contribution in [-0.2, 0) is 47.7 Å². The van der Waals surface area contributed by atoms with Gasteiger partial charge in [0.1, 0.15) is 6.10 Å².